The Hall–Kier alpha value is -2.06. The summed E-state index contributed by atoms with van der Waals surface area (Å²) in [5.74, 6) is 0.299. The molecule has 0 saturated carbocycles. The van der Waals surface area contributed by atoms with Gasteiger partial charge in [-0.15, -0.1) is 24.8 Å². The lowest BCUT2D eigenvalue weighted by atomic mass is 10.2. The van der Waals surface area contributed by atoms with Crippen molar-refractivity contribution in [3.05, 3.63) is 54.3 Å². The molecule has 1 heterocycles. The number of nitrogens with zero attached hydrogens (tertiary/aromatic N) is 2. The summed E-state index contributed by atoms with van der Waals surface area (Å²) in [5.41, 5.74) is 1.73. The van der Waals surface area contributed by atoms with Gasteiger partial charge in [-0.2, -0.15) is 0 Å². The van der Waals surface area contributed by atoms with Crippen molar-refractivity contribution in [2.45, 2.75) is 13.0 Å². The Kier molecular flexibility index (Phi) is 10.9. The summed E-state index contributed by atoms with van der Waals surface area (Å²) in [7, 11) is 0. The predicted molar refractivity (Wildman–Crippen MR) is 122 cm³/mol. The van der Waals surface area contributed by atoms with E-state index in [1.165, 1.54) is 19.1 Å². The van der Waals surface area contributed by atoms with Crippen molar-refractivity contribution >= 4 is 42.1 Å². The molecule has 1 aliphatic rings. The fraction of sp³-hybridized carbons (Fsp3) is 0.381. The summed E-state index contributed by atoms with van der Waals surface area (Å²) in [5, 5.41) is 13.0. The number of hydrogen-bond acceptors (Lipinski definition) is 5. The third-order valence-corrected chi connectivity index (χ3v) is 4.65. The number of nitrogens with one attached hydrogen (secondary N) is 1. The number of ether oxygens (including phenoxy) is 1. The van der Waals surface area contributed by atoms with Gasteiger partial charge in [0.05, 0.1) is 0 Å². The normalized spacial score (nSPS) is 14.8. The first-order valence-electron chi connectivity index (χ1n) is 9.41. The molecule has 1 saturated heterocycles. The van der Waals surface area contributed by atoms with E-state index in [2.05, 4.69) is 15.1 Å². The van der Waals surface area contributed by atoms with E-state index in [0.717, 1.165) is 31.9 Å². The smallest absolute Gasteiger partial charge is 0.221 e. The van der Waals surface area contributed by atoms with E-state index in [0.29, 0.717) is 18.0 Å². The summed E-state index contributed by atoms with van der Waals surface area (Å²) in [6.07, 6.45) is -0.590. The Morgan fingerprint density at radius 2 is 1.67 bits per heavy atom. The number of carbonyl (C=O) groups excluding carboxylic acids is 1. The van der Waals surface area contributed by atoms with Gasteiger partial charge in [-0.3, -0.25) is 9.69 Å². The summed E-state index contributed by atoms with van der Waals surface area (Å²) < 4.78 is 18.7. The third-order valence-electron chi connectivity index (χ3n) is 4.65. The van der Waals surface area contributed by atoms with E-state index < -0.39 is 6.10 Å². The first-order valence-corrected chi connectivity index (χ1v) is 9.41. The number of aliphatic hydroxyl groups is 1. The molecule has 2 aromatic rings. The molecule has 1 fully saturated rings. The van der Waals surface area contributed by atoms with E-state index in [1.54, 1.807) is 36.4 Å². The number of rotatable bonds is 7. The van der Waals surface area contributed by atoms with E-state index in [-0.39, 0.29) is 43.1 Å². The highest BCUT2D eigenvalue weighted by Crippen LogP contribution is 2.18. The Labute approximate surface area is 188 Å². The number of β-amino-alcohol motifs (C(OH)–C–C–N with tert-alkyl or cyclic N) is 1. The molecular formula is C21H28Cl2FN3O3. The molecule has 166 valence electrons. The molecule has 0 spiro atoms. The highest BCUT2D eigenvalue weighted by atomic mass is 35.5. The maximum absolute atomic E-state index is 13.0. The summed E-state index contributed by atoms with van der Waals surface area (Å²) >= 11 is 0. The maximum atomic E-state index is 13.0. The fourth-order valence-corrected chi connectivity index (χ4v) is 3.22. The van der Waals surface area contributed by atoms with E-state index in [4.69, 9.17) is 4.74 Å². The van der Waals surface area contributed by atoms with Crippen molar-refractivity contribution in [3.8, 4) is 5.75 Å². The van der Waals surface area contributed by atoms with Crippen molar-refractivity contribution in [1.29, 1.82) is 0 Å². The van der Waals surface area contributed by atoms with Gasteiger partial charge in [-0.1, -0.05) is 0 Å². The van der Waals surface area contributed by atoms with Crippen LogP contribution in [-0.2, 0) is 4.79 Å². The van der Waals surface area contributed by atoms with Crippen LogP contribution in [0.2, 0.25) is 0 Å². The molecule has 2 aromatic carbocycles. The van der Waals surface area contributed by atoms with Gasteiger partial charge in [0, 0.05) is 51.0 Å². The molecule has 0 radical (unpaired) electrons. The van der Waals surface area contributed by atoms with Crippen LogP contribution in [0.4, 0.5) is 15.8 Å². The van der Waals surface area contributed by atoms with E-state index in [9.17, 15) is 14.3 Å². The zero-order valence-corrected chi connectivity index (χ0v) is 18.4. The molecule has 3 rings (SSSR count). The van der Waals surface area contributed by atoms with Gasteiger partial charge in [0.1, 0.15) is 24.3 Å². The number of aliphatic hydroxyl groups excluding tert-OH is 1. The van der Waals surface area contributed by atoms with Crippen molar-refractivity contribution in [2.75, 3.05) is 49.5 Å². The van der Waals surface area contributed by atoms with Crippen LogP contribution in [0.1, 0.15) is 6.92 Å². The minimum Gasteiger partial charge on any atom is -0.491 e. The van der Waals surface area contributed by atoms with Gasteiger partial charge < -0.3 is 20.1 Å². The standard InChI is InChI=1S/C21H26FN3O3.2ClH/c1-16(26)23-18-4-8-21(9-5-18)28-15-20(27)14-24-10-12-25(13-11-24)19-6-2-17(22)3-7-19;;/h2-9,20,27H,10-15H2,1H3,(H,23,26);2*1H. The van der Waals surface area contributed by atoms with Gasteiger partial charge in [0.15, 0.2) is 0 Å². The number of hydrogen-bond donors (Lipinski definition) is 2. The minimum absolute atomic E-state index is 0. The van der Waals surface area contributed by atoms with Crippen molar-refractivity contribution in [1.82, 2.24) is 4.90 Å². The van der Waals surface area contributed by atoms with Crippen LogP contribution in [0, 0.1) is 5.82 Å². The summed E-state index contributed by atoms with van der Waals surface area (Å²) in [4.78, 5) is 15.4. The van der Waals surface area contributed by atoms with Gasteiger partial charge >= 0.3 is 0 Å². The number of carbonyl (C=O) groups is 1. The Morgan fingerprint density at radius 3 is 2.23 bits per heavy atom. The fourth-order valence-electron chi connectivity index (χ4n) is 3.22. The third kappa shape index (κ3) is 7.99. The van der Waals surface area contributed by atoms with E-state index in [1.807, 2.05) is 0 Å². The monoisotopic (exact) mass is 459 g/mol. The molecule has 9 heteroatoms. The Morgan fingerprint density at radius 1 is 1.07 bits per heavy atom. The second kappa shape index (κ2) is 12.6. The number of piperazine rings is 1. The molecule has 0 aliphatic carbocycles. The lowest BCUT2D eigenvalue weighted by Crippen LogP contribution is -2.49. The Bertz CT molecular complexity index is 770. The highest BCUT2D eigenvalue weighted by Gasteiger charge is 2.19. The first-order chi connectivity index (χ1) is 13.5. The largest absolute Gasteiger partial charge is 0.491 e. The average molecular weight is 460 g/mol. The summed E-state index contributed by atoms with van der Waals surface area (Å²) in [6, 6.07) is 13.6. The summed E-state index contributed by atoms with van der Waals surface area (Å²) in [6.45, 7) is 5.55. The number of amides is 1. The lowest BCUT2D eigenvalue weighted by Gasteiger charge is -2.36. The molecular weight excluding hydrogens is 432 g/mol. The zero-order valence-electron chi connectivity index (χ0n) is 16.8. The van der Waals surface area contributed by atoms with Crippen LogP contribution in [0.25, 0.3) is 0 Å². The number of anilines is 2. The number of benzene rings is 2. The van der Waals surface area contributed by atoms with Crippen LogP contribution >= 0.6 is 24.8 Å². The first kappa shape index (κ1) is 26.0. The molecule has 2 N–H and O–H groups in total. The molecule has 6 nitrogen and oxygen atoms in total. The van der Waals surface area contributed by atoms with Gasteiger partial charge in [0.25, 0.3) is 0 Å². The second-order valence-electron chi connectivity index (χ2n) is 6.93. The highest BCUT2D eigenvalue weighted by molar-refractivity contribution is 5.88. The van der Waals surface area contributed by atoms with Crippen molar-refractivity contribution < 1.29 is 19.0 Å². The van der Waals surface area contributed by atoms with Crippen LogP contribution < -0.4 is 15.0 Å². The molecule has 1 aliphatic heterocycles. The molecule has 1 atom stereocenters. The minimum atomic E-state index is -0.590. The van der Waals surface area contributed by atoms with Crippen molar-refractivity contribution in [3.63, 3.8) is 0 Å². The second-order valence-corrected chi connectivity index (χ2v) is 6.93. The SMILES string of the molecule is CC(=O)Nc1ccc(OCC(O)CN2CCN(c3ccc(F)cc3)CC2)cc1.Cl.Cl. The molecule has 1 amide bonds. The molecule has 1 unspecified atom stereocenters. The van der Waals surface area contributed by atoms with Gasteiger partial charge in [0.2, 0.25) is 5.91 Å². The molecule has 30 heavy (non-hydrogen) atoms. The maximum Gasteiger partial charge on any atom is 0.221 e. The number of halogens is 3. The van der Waals surface area contributed by atoms with E-state index >= 15 is 0 Å². The van der Waals surface area contributed by atoms with Gasteiger partial charge in [-0.05, 0) is 48.5 Å². The van der Waals surface area contributed by atoms with Crippen molar-refractivity contribution in [2.24, 2.45) is 0 Å². The topological polar surface area (TPSA) is 65.0 Å². The van der Waals surface area contributed by atoms with Crippen LogP contribution in [0.15, 0.2) is 48.5 Å². The quantitative estimate of drug-likeness (QED) is 0.665. The Balaban J connectivity index is 0.00000225. The predicted octanol–water partition coefficient (Wildman–Crippen LogP) is 3.19. The van der Waals surface area contributed by atoms with Crippen LogP contribution in [0.5, 0.6) is 5.75 Å². The molecule has 0 aromatic heterocycles. The van der Waals surface area contributed by atoms with Crippen LogP contribution in [0.3, 0.4) is 0 Å². The molecule has 0 bridgehead atoms. The zero-order chi connectivity index (χ0) is 19.9. The van der Waals surface area contributed by atoms with Crippen LogP contribution in [-0.4, -0.2) is 61.3 Å². The van der Waals surface area contributed by atoms with Gasteiger partial charge in [-0.25, -0.2) is 4.39 Å². The lowest BCUT2D eigenvalue weighted by molar-refractivity contribution is -0.114. The average Bonchev–Trinajstić information content (AvgIpc) is 2.68.